The van der Waals surface area contributed by atoms with Crippen LogP contribution in [0.1, 0.15) is 57.9 Å². The monoisotopic (exact) mass is 330 g/mol. The van der Waals surface area contributed by atoms with Gasteiger partial charge in [0.1, 0.15) is 17.1 Å². The molecule has 1 aliphatic rings. The zero-order chi connectivity index (χ0) is 17.6. The van der Waals surface area contributed by atoms with Crippen LogP contribution in [-0.4, -0.2) is 22.5 Å². The number of carbonyl (C=O) groups is 2. The Kier molecular flexibility index (Phi) is 6.18. The van der Waals surface area contributed by atoms with Gasteiger partial charge in [-0.2, -0.15) is 0 Å². The summed E-state index contributed by atoms with van der Waals surface area (Å²) in [5.41, 5.74) is 0.803. The summed E-state index contributed by atoms with van der Waals surface area (Å²) in [6.07, 6.45) is 3.91. The van der Waals surface area contributed by atoms with Crippen LogP contribution in [0.3, 0.4) is 0 Å². The molecule has 4 nitrogen and oxygen atoms in total. The number of ether oxygens (including phenoxy) is 1. The topological polar surface area (TPSA) is 63.6 Å². The van der Waals surface area contributed by atoms with E-state index in [2.05, 4.69) is 12.1 Å². The summed E-state index contributed by atoms with van der Waals surface area (Å²) in [5.74, 6) is -0.381. The zero-order valence-corrected chi connectivity index (χ0v) is 14.5. The van der Waals surface area contributed by atoms with E-state index in [-0.39, 0.29) is 30.0 Å². The average Bonchev–Trinajstić information content (AvgIpc) is 2.53. The van der Waals surface area contributed by atoms with Gasteiger partial charge in [-0.25, -0.2) is 4.79 Å². The number of aryl methyl sites for hydroxylation is 1. The predicted molar refractivity (Wildman–Crippen MR) is 92.7 cm³/mol. The number of rotatable bonds is 8. The molecule has 130 valence electrons. The normalized spacial score (nSPS) is 20.8. The summed E-state index contributed by atoms with van der Waals surface area (Å²) < 4.78 is 5.78. The largest absolute Gasteiger partial charge is 0.512 e. The van der Waals surface area contributed by atoms with E-state index in [1.54, 1.807) is 0 Å². The van der Waals surface area contributed by atoms with E-state index in [9.17, 15) is 14.7 Å². The van der Waals surface area contributed by atoms with Gasteiger partial charge in [0.15, 0.2) is 0 Å². The molecule has 1 heterocycles. The van der Waals surface area contributed by atoms with E-state index in [0.717, 1.165) is 19.3 Å². The lowest BCUT2D eigenvalue weighted by Crippen LogP contribution is -2.40. The number of esters is 1. The first kappa shape index (κ1) is 18.2. The fourth-order valence-electron chi connectivity index (χ4n) is 3.25. The Morgan fingerprint density at radius 3 is 2.50 bits per heavy atom. The second-order valence-corrected chi connectivity index (χ2v) is 6.61. The van der Waals surface area contributed by atoms with Crippen LogP contribution in [0.4, 0.5) is 0 Å². The van der Waals surface area contributed by atoms with E-state index in [4.69, 9.17) is 4.74 Å². The van der Waals surface area contributed by atoms with Gasteiger partial charge in [-0.1, -0.05) is 43.7 Å². The van der Waals surface area contributed by atoms with Crippen LogP contribution < -0.4 is 0 Å². The Bertz CT molecular complexity index is 618. The standard InChI is InChI=1S/C20H26O4/c1-3-12-20(13-11-16-7-5-4-6-8-16)14-18(22)17(19(23)24-20)10-9-15(2)21/h4-8,22H,3,9-14H2,1-2H3/t20-/m1/s1. The maximum atomic E-state index is 12.4. The molecule has 0 bridgehead atoms. The van der Waals surface area contributed by atoms with Crippen LogP contribution in [0.2, 0.25) is 0 Å². The van der Waals surface area contributed by atoms with Gasteiger partial charge in [0.25, 0.3) is 0 Å². The Labute approximate surface area is 143 Å². The second kappa shape index (κ2) is 8.13. The maximum Gasteiger partial charge on any atom is 0.337 e. The van der Waals surface area contributed by atoms with Crippen LogP contribution in [0, 0.1) is 0 Å². The van der Waals surface area contributed by atoms with Crippen molar-refractivity contribution in [2.75, 3.05) is 0 Å². The Morgan fingerprint density at radius 2 is 1.92 bits per heavy atom. The Morgan fingerprint density at radius 1 is 1.21 bits per heavy atom. The lowest BCUT2D eigenvalue weighted by molar-refractivity contribution is -0.161. The van der Waals surface area contributed by atoms with Crippen molar-refractivity contribution < 1.29 is 19.4 Å². The molecule has 0 aromatic heterocycles. The molecule has 4 heteroatoms. The highest BCUT2D eigenvalue weighted by Gasteiger charge is 2.40. The molecule has 1 aliphatic heterocycles. The molecule has 0 unspecified atom stereocenters. The number of ketones is 1. The Hall–Kier alpha value is -2.10. The highest BCUT2D eigenvalue weighted by Crippen LogP contribution is 2.37. The van der Waals surface area contributed by atoms with Crippen LogP contribution in [0.15, 0.2) is 41.7 Å². The van der Waals surface area contributed by atoms with Gasteiger partial charge in [0.2, 0.25) is 0 Å². The number of carbonyl (C=O) groups excluding carboxylic acids is 2. The number of benzene rings is 1. The molecule has 1 N–H and O–H groups in total. The molecular weight excluding hydrogens is 304 g/mol. The molecular formula is C20H26O4. The van der Waals surface area contributed by atoms with E-state index in [1.165, 1.54) is 12.5 Å². The second-order valence-electron chi connectivity index (χ2n) is 6.61. The zero-order valence-electron chi connectivity index (χ0n) is 14.5. The van der Waals surface area contributed by atoms with Crippen molar-refractivity contribution in [2.24, 2.45) is 0 Å². The molecule has 2 rings (SSSR count). The van der Waals surface area contributed by atoms with Gasteiger partial charge >= 0.3 is 5.97 Å². The summed E-state index contributed by atoms with van der Waals surface area (Å²) in [6, 6.07) is 10.1. The first-order valence-electron chi connectivity index (χ1n) is 8.63. The molecule has 24 heavy (non-hydrogen) atoms. The quantitative estimate of drug-likeness (QED) is 0.722. The number of cyclic esters (lactones) is 1. The number of hydrogen-bond acceptors (Lipinski definition) is 4. The first-order chi connectivity index (χ1) is 11.5. The van der Waals surface area contributed by atoms with Gasteiger partial charge in [-0.05, 0) is 38.2 Å². The fourth-order valence-corrected chi connectivity index (χ4v) is 3.25. The van der Waals surface area contributed by atoms with Crippen molar-refractivity contribution in [1.82, 2.24) is 0 Å². The molecule has 0 saturated heterocycles. The molecule has 0 fully saturated rings. The van der Waals surface area contributed by atoms with Crippen molar-refractivity contribution in [1.29, 1.82) is 0 Å². The third kappa shape index (κ3) is 4.70. The minimum atomic E-state index is -0.647. The Balaban J connectivity index is 2.12. The van der Waals surface area contributed by atoms with Gasteiger partial charge in [0, 0.05) is 12.8 Å². The molecule has 0 spiro atoms. The van der Waals surface area contributed by atoms with E-state index in [1.807, 2.05) is 25.1 Å². The minimum absolute atomic E-state index is 0.00225. The van der Waals surface area contributed by atoms with Crippen LogP contribution in [-0.2, 0) is 20.7 Å². The molecule has 1 aromatic rings. The molecule has 1 aromatic carbocycles. The van der Waals surface area contributed by atoms with Gasteiger partial charge in [0.05, 0.1) is 5.57 Å². The van der Waals surface area contributed by atoms with Crippen molar-refractivity contribution in [2.45, 2.75) is 64.4 Å². The third-order valence-corrected chi connectivity index (χ3v) is 4.54. The lowest BCUT2D eigenvalue weighted by atomic mass is 9.83. The number of hydrogen-bond donors (Lipinski definition) is 1. The fraction of sp³-hybridized carbons (Fsp3) is 0.500. The number of Topliss-reactive ketones (excluding diaryl/α,β-unsaturated/α-hetero) is 1. The van der Waals surface area contributed by atoms with Crippen LogP contribution in [0.25, 0.3) is 0 Å². The van der Waals surface area contributed by atoms with Crippen molar-refractivity contribution in [3.05, 3.63) is 47.2 Å². The van der Waals surface area contributed by atoms with E-state index >= 15 is 0 Å². The van der Waals surface area contributed by atoms with Gasteiger partial charge in [-0.15, -0.1) is 0 Å². The molecule has 1 atom stereocenters. The maximum absolute atomic E-state index is 12.4. The third-order valence-electron chi connectivity index (χ3n) is 4.54. The van der Waals surface area contributed by atoms with E-state index < -0.39 is 11.6 Å². The number of aliphatic hydroxyl groups excluding tert-OH is 1. The van der Waals surface area contributed by atoms with Crippen LogP contribution >= 0.6 is 0 Å². The minimum Gasteiger partial charge on any atom is -0.512 e. The summed E-state index contributed by atoms with van der Waals surface area (Å²) in [5, 5.41) is 10.4. The van der Waals surface area contributed by atoms with Gasteiger partial charge < -0.3 is 14.6 Å². The summed E-state index contributed by atoms with van der Waals surface area (Å²) in [7, 11) is 0. The van der Waals surface area contributed by atoms with Crippen molar-refractivity contribution in [3.8, 4) is 0 Å². The van der Waals surface area contributed by atoms with Gasteiger partial charge in [-0.3, -0.25) is 0 Å². The predicted octanol–water partition coefficient (Wildman–Crippen LogP) is 4.29. The smallest absolute Gasteiger partial charge is 0.337 e. The van der Waals surface area contributed by atoms with Crippen molar-refractivity contribution >= 4 is 11.8 Å². The molecule has 0 amide bonds. The molecule has 0 radical (unpaired) electrons. The summed E-state index contributed by atoms with van der Waals surface area (Å²) >= 11 is 0. The number of aliphatic hydroxyl groups is 1. The highest BCUT2D eigenvalue weighted by atomic mass is 16.6. The van der Waals surface area contributed by atoms with E-state index in [0.29, 0.717) is 12.8 Å². The molecule has 0 aliphatic carbocycles. The highest BCUT2D eigenvalue weighted by molar-refractivity contribution is 5.91. The summed E-state index contributed by atoms with van der Waals surface area (Å²) in [4.78, 5) is 23.5. The first-order valence-corrected chi connectivity index (χ1v) is 8.63. The lowest BCUT2D eigenvalue weighted by Gasteiger charge is -2.37. The molecule has 0 saturated carbocycles. The average molecular weight is 330 g/mol. The van der Waals surface area contributed by atoms with Crippen molar-refractivity contribution in [3.63, 3.8) is 0 Å². The SMILES string of the molecule is CCC[C@@]1(CCc2ccccc2)CC(O)=C(CCC(C)=O)C(=O)O1. The van der Waals surface area contributed by atoms with Crippen LogP contribution in [0.5, 0.6) is 0 Å². The summed E-state index contributed by atoms with van der Waals surface area (Å²) in [6.45, 7) is 3.52.